The zero-order valence-corrected chi connectivity index (χ0v) is 9.99. The summed E-state index contributed by atoms with van der Waals surface area (Å²) in [6.07, 6.45) is 0.923. The van der Waals surface area contributed by atoms with Crippen molar-refractivity contribution in [3.05, 3.63) is 35.6 Å². The van der Waals surface area contributed by atoms with Crippen molar-refractivity contribution in [1.29, 1.82) is 0 Å². The Bertz CT molecular complexity index is 462. The summed E-state index contributed by atoms with van der Waals surface area (Å²) in [6.45, 7) is 0.999. The average Bonchev–Trinajstić information content (AvgIpc) is 2.50. The first-order chi connectivity index (χ1) is 8.65. The van der Waals surface area contributed by atoms with Crippen molar-refractivity contribution in [3.8, 4) is 0 Å². The molecule has 4 nitrogen and oxygen atoms in total. The highest BCUT2D eigenvalue weighted by Gasteiger charge is 2.19. The first-order valence-electron chi connectivity index (χ1n) is 5.94. The number of amides is 2. The Morgan fingerprint density at radius 3 is 2.94 bits per heavy atom. The predicted octanol–water partition coefficient (Wildman–Crippen LogP) is 0.717. The van der Waals surface area contributed by atoms with Gasteiger partial charge in [0, 0.05) is 19.5 Å². The quantitative estimate of drug-likeness (QED) is 0.859. The molecule has 5 heteroatoms. The van der Waals surface area contributed by atoms with Crippen LogP contribution in [0.4, 0.5) is 4.39 Å². The monoisotopic (exact) mass is 250 g/mol. The normalized spacial score (nSPS) is 16.4. The minimum Gasteiger partial charge on any atom is -0.347 e. The van der Waals surface area contributed by atoms with Gasteiger partial charge in [0.15, 0.2) is 0 Å². The van der Waals surface area contributed by atoms with Gasteiger partial charge in [-0.15, -0.1) is 0 Å². The molecule has 1 aromatic carbocycles. The fourth-order valence-electron chi connectivity index (χ4n) is 1.93. The summed E-state index contributed by atoms with van der Waals surface area (Å²) in [6, 6.07) is 6.34. The second-order valence-corrected chi connectivity index (χ2v) is 4.29. The maximum absolute atomic E-state index is 13.0. The molecule has 0 radical (unpaired) electrons. The van der Waals surface area contributed by atoms with Gasteiger partial charge < -0.3 is 10.2 Å². The zero-order chi connectivity index (χ0) is 13.0. The van der Waals surface area contributed by atoms with E-state index in [1.165, 1.54) is 12.1 Å². The Labute approximate surface area is 105 Å². The highest BCUT2D eigenvalue weighted by atomic mass is 19.1. The molecule has 0 atom stereocenters. The van der Waals surface area contributed by atoms with E-state index in [1.54, 1.807) is 11.0 Å². The van der Waals surface area contributed by atoms with Gasteiger partial charge in [0.25, 0.3) is 0 Å². The molecule has 0 saturated carbocycles. The summed E-state index contributed by atoms with van der Waals surface area (Å²) in [5.74, 6) is -0.458. The minimum atomic E-state index is -0.272. The van der Waals surface area contributed by atoms with Crippen molar-refractivity contribution in [1.82, 2.24) is 10.2 Å². The Hall–Kier alpha value is -1.91. The third-order valence-electron chi connectivity index (χ3n) is 2.96. The van der Waals surface area contributed by atoms with Crippen molar-refractivity contribution in [2.75, 3.05) is 19.6 Å². The summed E-state index contributed by atoms with van der Waals surface area (Å²) in [5.41, 5.74) is 0.853. The Morgan fingerprint density at radius 2 is 2.17 bits per heavy atom. The number of nitrogens with one attached hydrogen (secondary N) is 1. The summed E-state index contributed by atoms with van der Waals surface area (Å²) < 4.78 is 13.0. The summed E-state index contributed by atoms with van der Waals surface area (Å²) in [5, 5.41) is 2.54. The average molecular weight is 250 g/mol. The van der Waals surface area contributed by atoms with Crippen LogP contribution >= 0.6 is 0 Å². The van der Waals surface area contributed by atoms with Crippen molar-refractivity contribution >= 4 is 11.8 Å². The predicted molar refractivity (Wildman–Crippen MR) is 64.3 cm³/mol. The third kappa shape index (κ3) is 3.29. The van der Waals surface area contributed by atoms with Crippen LogP contribution in [0, 0.1) is 5.82 Å². The van der Waals surface area contributed by atoms with E-state index in [-0.39, 0.29) is 24.2 Å². The van der Waals surface area contributed by atoms with Crippen molar-refractivity contribution < 1.29 is 14.0 Å². The number of carbonyl (C=O) groups excluding carboxylic acids is 2. The molecular weight excluding hydrogens is 235 g/mol. The molecule has 0 aromatic heterocycles. The Balaban J connectivity index is 1.92. The SMILES string of the molecule is O=C1CCN(CCc2cccc(F)c2)C(=O)CN1. The summed E-state index contributed by atoms with van der Waals surface area (Å²) >= 11 is 0. The smallest absolute Gasteiger partial charge is 0.241 e. The van der Waals surface area contributed by atoms with Crippen LogP contribution in [-0.2, 0) is 16.0 Å². The van der Waals surface area contributed by atoms with Gasteiger partial charge >= 0.3 is 0 Å². The first kappa shape index (κ1) is 12.5. The van der Waals surface area contributed by atoms with Crippen molar-refractivity contribution in [3.63, 3.8) is 0 Å². The van der Waals surface area contributed by atoms with Gasteiger partial charge in [-0.25, -0.2) is 4.39 Å². The first-order valence-corrected chi connectivity index (χ1v) is 5.94. The fourth-order valence-corrected chi connectivity index (χ4v) is 1.93. The van der Waals surface area contributed by atoms with Gasteiger partial charge in [0.2, 0.25) is 11.8 Å². The van der Waals surface area contributed by atoms with E-state index in [4.69, 9.17) is 0 Å². The second-order valence-electron chi connectivity index (χ2n) is 4.29. The van der Waals surface area contributed by atoms with Gasteiger partial charge in [0.1, 0.15) is 5.82 Å². The molecule has 1 aliphatic heterocycles. The van der Waals surface area contributed by atoms with E-state index in [9.17, 15) is 14.0 Å². The number of benzene rings is 1. The van der Waals surface area contributed by atoms with Gasteiger partial charge in [-0.1, -0.05) is 12.1 Å². The van der Waals surface area contributed by atoms with Crippen LogP contribution in [-0.4, -0.2) is 36.3 Å². The van der Waals surface area contributed by atoms with Crippen LogP contribution in [0.15, 0.2) is 24.3 Å². The van der Waals surface area contributed by atoms with E-state index >= 15 is 0 Å². The maximum Gasteiger partial charge on any atom is 0.241 e. The molecular formula is C13H15FN2O2. The highest BCUT2D eigenvalue weighted by molar-refractivity contribution is 5.87. The lowest BCUT2D eigenvalue weighted by atomic mass is 10.1. The molecule has 1 fully saturated rings. The second kappa shape index (κ2) is 5.62. The number of nitrogens with zero attached hydrogens (tertiary/aromatic N) is 1. The number of halogens is 1. The Kier molecular flexibility index (Phi) is 3.92. The molecule has 0 aliphatic carbocycles. The topological polar surface area (TPSA) is 49.4 Å². The molecule has 0 spiro atoms. The molecule has 1 saturated heterocycles. The van der Waals surface area contributed by atoms with Crippen LogP contribution < -0.4 is 5.32 Å². The van der Waals surface area contributed by atoms with E-state index in [0.717, 1.165) is 5.56 Å². The number of hydrogen-bond acceptors (Lipinski definition) is 2. The van der Waals surface area contributed by atoms with Crippen LogP contribution in [0.1, 0.15) is 12.0 Å². The van der Waals surface area contributed by atoms with Gasteiger partial charge in [-0.05, 0) is 24.1 Å². The molecule has 1 aliphatic rings. The molecule has 96 valence electrons. The molecule has 1 heterocycles. The van der Waals surface area contributed by atoms with E-state index in [0.29, 0.717) is 25.9 Å². The molecule has 2 rings (SSSR count). The van der Waals surface area contributed by atoms with Crippen LogP contribution in [0.5, 0.6) is 0 Å². The zero-order valence-electron chi connectivity index (χ0n) is 9.99. The molecule has 0 unspecified atom stereocenters. The molecule has 2 amide bonds. The third-order valence-corrected chi connectivity index (χ3v) is 2.96. The number of rotatable bonds is 3. The highest BCUT2D eigenvalue weighted by Crippen LogP contribution is 2.06. The maximum atomic E-state index is 13.0. The van der Waals surface area contributed by atoms with Crippen molar-refractivity contribution in [2.24, 2.45) is 0 Å². The van der Waals surface area contributed by atoms with Gasteiger partial charge in [0.05, 0.1) is 6.54 Å². The fraction of sp³-hybridized carbons (Fsp3) is 0.385. The Morgan fingerprint density at radius 1 is 1.33 bits per heavy atom. The minimum absolute atomic E-state index is 0.0575. The number of hydrogen-bond donors (Lipinski definition) is 1. The van der Waals surface area contributed by atoms with Crippen LogP contribution in [0.3, 0.4) is 0 Å². The molecule has 1 aromatic rings. The van der Waals surface area contributed by atoms with Crippen LogP contribution in [0.2, 0.25) is 0 Å². The number of carbonyl (C=O) groups is 2. The summed E-state index contributed by atoms with van der Waals surface area (Å²) in [4.78, 5) is 24.5. The van der Waals surface area contributed by atoms with Gasteiger partial charge in [-0.2, -0.15) is 0 Å². The molecule has 1 N–H and O–H groups in total. The van der Waals surface area contributed by atoms with Crippen LogP contribution in [0.25, 0.3) is 0 Å². The summed E-state index contributed by atoms with van der Waals surface area (Å²) in [7, 11) is 0. The van der Waals surface area contributed by atoms with E-state index < -0.39 is 0 Å². The standard InChI is InChI=1S/C13H15FN2O2/c14-11-3-1-2-10(8-11)4-6-16-7-5-12(17)15-9-13(16)18/h1-3,8H,4-7,9H2,(H,15,17). The largest absolute Gasteiger partial charge is 0.347 e. The lowest BCUT2D eigenvalue weighted by molar-refractivity contribution is -0.130. The van der Waals surface area contributed by atoms with Crippen molar-refractivity contribution in [2.45, 2.75) is 12.8 Å². The lowest BCUT2D eigenvalue weighted by Gasteiger charge is -2.19. The molecule has 0 bridgehead atoms. The molecule has 18 heavy (non-hydrogen) atoms. The van der Waals surface area contributed by atoms with E-state index in [1.807, 2.05) is 6.07 Å². The van der Waals surface area contributed by atoms with Gasteiger partial charge in [-0.3, -0.25) is 9.59 Å². The van der Waals surface area contributed by atoms with E-state index in [2.05, 4.69) is 5.32 Å². The lowest BCUT2D eigenvalue weighted by Crippen LogP contribution is -2.36.